The highest BCUT2D eigenvalue weighted by molar-refractivity contribution is 5.92. The van der Waals surface area contributed by atoms with Gasteiger partial charge in [0.05, 0.1) is 21.3 Å². The number of ether oxygens (including phenoxy) is 3. The highest BCUT2D eigenvalue weighted by Crippen LogP contribution is 2.25. The zero-order valence-corrected chi connectivity index (χ0v) is 15.6. The lowest BCUT2D eigenvalue weighted by Crippen LogP contribution is -2.32. The summed E-state index contributed by atoms with van der Waals surface area (Å²) >= 11 is 0. The zero-order chi connectivity index (χ0) is 18.9. The number of carbonyl (C=O) groups excluding carboxylic acids is 1. The number of nitrogens with one attached hydrogen (secondary N) is 1. The third-order valence-corrected chi connectivity index (χ3v) is 3.92. The lowest BCUT2D eigenvalue weighted by atomic mass is 10.1. The average molecular weight is 355 g/mol. The van der Waals surface area contributed by atoms with Crippen LogP contribution in [-0.4, -0.2) is 33.3 Å². The van der Waals surface area contributed by atoms with Gasteiger partial charge in [0.15, 0.2) is 0 Å². The van der Waals surface area contributed by atoms with Crippen molar-refractivity contribution in [2.75, 3.05) is 21.3 Å². The first-order valence-corrected chi connectivity index (χ1v) is 8.39. The molecule has 0 aliphatic carbocycles. The van der Waals surface area contributed by atoms with Gasteiger partial charge in [-0.3, -0.25) is 4.79 Å². The molecule has 2 rings (SSSR count). The summed E-state index contributed by atoms with van der Waals surface area (Å²) in [6, 6.07) is 13.3. The van der Waals surface area contributed by atoms with E-state index in [1.165, 1.54) is 6.08 Å². The summed E-state index contributed by atoms with van der Waals surface area (Å²) in [4.78, 5) is 12.2. The van der Waals surface area contributed by atoms with Crippen molar-refractivity contribution >= 4 is 12.0 Å². The summed E-state index contributed by atoms with van der Waals surface area (Å²) in [5.41, 5.74) is 1.92. The Hall–Kier alpha value is -2.95. The van der Waals surface area contributed by atoms with Crippen LogP contribution in [0.2, 0.25) is 0 Å². The topological polar surface area (TPSA) is 56.8 Å². The van der Waals surface area contributed by atoms with E-state index in [-0.39, 0.29) is 11.9 Å². The lowest BCUT2D eigenvalue weighted by molar-refractivity contribution is -0.117. The second-order valence-corrected chi connectivity index (χ2v) is 5.91. The highest BCUT2D eigenvalue weighted by atomic mass is 16.5. The minimum Gasteiger partial charge on any atom is -0.497 e. The fraction of sp³-hybridized carbons (Fsp3) is 0.286. The summed E-state index contributed by atoms with van der Waals surface area (Å²) in [6.45, 7) is 1.97. The Bertz CT molecular complexity index is 770. The van der Waals surface area contributed by atoms with E-state index in [0.29, 0.717) is 11.5 Å². The summed E-state index contributed by atoms with van der Waals surface area (Å²) in [5, 5.41) is 2.96. The molecule has 0 heterocycles. The molecule has 26 heavy (non-hydrogen) atoms. The van der Waals surface area contributed by atoms with E-state index in [2.05, 4.69) is 5.32 Å². The molecule has 1 N–H and O–H groups in total. The van der Waals surface area contributed by atoms with Gasteiger partial charge in [0, 0.05) is 23.7 Å². The largest absolute Gasteiger partial charge is 0.497 e. The number of methoxy groups -OCH3 is 3. The molecule has 0 saturated heterocycles. The molecular formula is C21H25NO4. The van der Waals surface area contributed by atoms with Crippen LogP contribution in [0.15, 0.2) is 48.5 Å². The number of hydrogen-bond donors (Lipinski definition) is 1. The summed E-state index contributed by atoms with van der Waals surface area (Å²) < 4.78 is 15.7. The van der Waals surface area contributed by atoms with Crippen molar-refractivity contribution in [3.63, 3.8) is 0 Å². The molecule has 0 saturated carbocycles. The van der Waals surface area contributed by atoms with Crippen LogP contribution in [0, 0.1) is 0 Å². The normalized spacial score (nSPS) is 11.8. The van der Waals surface area contributed by atoms with E-state index in [1.54, 1.807) is 33.5 Å². The van der Waals surface area contributed by atoms with Crippen LogP contribution in [0.1, 0.15) is 18.1 Å². The number of rotatable bonds is 8. The zero-order valence-electron chi connectivity index (χ0n) is 15.6. The van der Waals surface area contributed by atoms with Gasteiger partial charge in [-0.25, -0.2) is 0 Å². The summed E-state index contributed by atoms with van der Waals surface area (Å²) in [5.74, 6) is 2.01. The van der Waals surface area contributed by atoms with E-state index in [0.717, 1.165) is 23.3 Å². The predicted molar refractivity (Wildman–Crippen MR) is 103 cm³/mol. The molecule has 138 valence electrons. The third-order valence-electron chi connectivity index (χ3n) is 3.92. The maximum absolute atomic E-state index is 12.2. The van der Waals surface area contributed by atoms with Crippen molar-refractivity contribution in [3.05, 3.63) is 59.7 Å². The van der Waals surface area contributed by atoms with Crippen LogP contribution in [0.25, 0.3) is 6.08 Å². The number of hydrogen-bond acceptors (Lipinski definition) is 4. The Kier molecular flexibility index (Phi) is 7.09. The summed E-state index contributed by atoms with van der Waals surface area (Å²) in [6.07, 6.45) is 3.96. The number of carbonyl (C=O) groups is 1. The first kappa shape index (κ1) is 19.4. The monoisotopic (exact) mass is 355 g/mol. The van der Waals surface area contributed by atoms with Gasteiger partial charge >= 0.3 is 0 Å². The first-order chi connectivity index (χ1) is 12.5. The Morgan fingerprint density at radius 1 is 1.04 bits per heavy atom. The number of amides is 1. The van der Waals surface area contributed by atoms with E-state index >= 15 is 0 Å². The molecule has 2 aromatic rings. The Balaban J connectivity index is 1.96. The maximum Gasteiger partial charge on any atom is 0.244 e. The van der Waals surface area contributed by atoms with Crippen LogP contribution < -0.4 is 19.5 Å². The van der Waals surface area contributed by atoms with Crippen LogP contribution in [-0.2, 0) is 11.2 Å². The minimum absolute atomic E-state index is 0.00276. The molecule has 0 spiro atoms. The molecule has 0 fully saturated rings. The van der Waals surface area contributed by atoms with Gasteiger partial charge in [0.2, 0.25) is 5.91 Å². The molecule has 0 bridgehead atoms. The second kappa shape index (κ2) is 9.51. The molecule has 5 heteroatoms. The third kappa shape index (κ3) is 5.55. The molecule has 5 nitrogen and oxygen atoms in total. The van der Waals surface area contributed by atoms with Crippen molar-refractivity contribution in [2.45, 2.75) is 19.4 Å². The number of benzene rings is 2. The Labute approximate surface area is 154 Å². The van der Waals surface area contributed by atoms with Gasteiger partial charge in [-0.15, -0.1) is 0 Å². The van der Waals surface area contributed by atoms with E-state index in [9.17, 15) is 4.79 Å². The maximum atomic E-state index is 12.2. The fourth-order valence-corrected chi connectivity index (χ4v) is 2.62. The van der Waals surface area contributed by atoms with E-state index in [4.69, 9.17) is 14.2 Å². The van der Waals surface area contributed by atoms with Crippen molar-refractivity contribution in [2.24, 2.45) is 0 Å². The lowest BCUT2D eigenvalue weighted by Gasteiger charge is -2.13. The SMILES string of the molecule is COc1cccc(CC(C)NC(=O)/C=C/c2ccc(OC)cc2OC)c1. The van der Waals surface area contributed by atoms with Gasteiger partial charge in [0.25, 0.3) is 0 Å². The first-order valence-electron chi connectivity index (χ1n) is 8.39. The van der Waals surface area contributed by atoms with Crippen LogP contribution >= 0.6 is 0 Å². The molecule has 0 aliphatic rings. The second-order valence-electron chi connectivity index (χ2n) is 5.91. The van der Waals surface area contributed by atoms with E-state index in [1.807, 2.05) is 43.3 Å². The Morgan fingerprint density at radius 2 is 1.77 bits per heavy atom. The van der Waals surface area contributed by atoms with Crippen molar-refractivity contribution < 1.29 is 19.0 Å². The Morgan fingerprint density at radius 3 is 2.46 bits per heavy atom. The van der Waals surface area contributed by atoms with Gasteiger partial charge in [-0.1, -0.05) is 12.1 Å². The highest BCUT2D eigenvalue weighted by Gasteiger charge is 2.08. The molecule has 0 aliphatic heterocycles. The predicted octanol–water partition coefficient (Wildman–Crippen LogP) is 3.47. The molecule has 1 unspecified atom stereocenters. The minimum atomic E-state index is -0.154. The summed E-state index contributed by atoms with van der Waals surface area (Å²) in [7, 11) is 4.83. The molecule has 1 amide bonds. The van der Waals surface area contributed by atoms with Crippen LogP contribution in [0.4, 0.5) is 0 Å². The smallest absolute Gasteiger partial charge is 0.244 e. The molecule has 0 radical (unpaired) electrons. The van der Waals surface area contributed by atoms with Gasteiger partial charge in [-0.2, -0.15) is 0 Å². The van der Waals surface area contributed by atoms with Crippen LogP contribution in [0.5, 0.6) is 17.2 Å². The molecule has 1 atom stereocenters. The van der Waals surface area contributed by atoms with Gasteiger partial charge < -0.3 is 19.5 Å². The fourth-order valence-electron chi connectivity index (χ4n) is 2.62. The quantitative estimate of drug-likeness (QED) is 0.737. The van der Waals surface area contributed by atoms with E-state index < -0.39 is 0 Å². The van der Waals surface area contributed by atoms with Crippen molar-refractivity contribution in [1.82, 2.24) is 5.32 Å². The van der Waals surface area contributed by atoms with Gasteiger partial charge in [0.1, 0.15) is 17.2 Å². The van der Waals surface area contributed by atoms with Crippen molar-refractivity contribution in [3.8, 4) is 17.2 Å². The molecule has 2 aromatic carbocycles. The van der Waals surface area contributed by atoms with Gasteiger partial charge in [-0.05, 0) is 49.2 Å². The average Bonchev–Trinajstić information content (AvgIpc) is 2.66. The van der Waals surface area contributed by atoms with Crippen LogP contribution in [0.3, 0.4) is 0 Å². The standard InChI is InChI=1S/C21H25NO4/c1-15(12-16-6-5-7-18(13-16)24-2)22-21(23)11-9-17-8-10-19(25-3)14-20(17)26-4/h5-11,13-15H,12H2,1-4H3,(H,22,23)/b11-9+. The molecule has 0 aromatic heterocycles. The molecular weight excluding hydrogens is 330 g/mol. The van der Waals surface area contributed by atoms with Crippen molar-refractivity contribution in [1.29, 1.82) is 0 Å².